The first-order valence-electron chi connectivity index (χ1n) is 10.3. The summed E-state index contributed by atoms with van der Waals surface area (Å²) in [4.78, 5) is 14.9. The lowest BCUT2D eigenvalue weighted by atomic mass is 9.99. The van der Waals surface area contributed by atoms with Gasteiger partial charge < -0.3 is 25.4 Å². The average molecular weight is 458 g/mol. The van der Waals surface area contributed by atoms with Crippen LogP contribution in [0.15, 0.2) is 48.5 Å². The van der Waals surface area contributed by atoms with E-state index in [1.807, 2.05) is 30.3 Å². The van der Waals surface area contributed by atoms with E-state index in [2.05, 4.69) is 4.98 Å². The summed E-state index contributed by atoms with van der Waals surface area (Å²) >= 11 is 0. The zero-order valence-electron chi connectivity index (χ0n) is 17.9. The Morgan fingerprint density at radius 1 is 1.06 bits per heavy atom. The predicted molar refractivity (Wildman–Crippen MR) is 117 cm³/mol. The highest BCUT2D eigenvalue weighted by Gasteiger charge is 2.22. The van der Waals surface area contributed by atoms with E-state index in [0.29, 0.717) is 19.0 Å². The third-order valence-electron chi connectivity index (χ3n) is 4.84. The van der Waals surface area contributed by atoms with Crippen molar-refractivity contribution in [1.82, 2.24) is 4.98 Å². The van der Waals surface area contributed by atoms with Crippen LogP contribution in [0.1, 0.15) is 24.5 Å². The van der Waals surface area contributed by atoms with E-state index in [1.54, 1.807) is 19.1 Å². The van der Waals surface area contributed by atoms with Gasteiger partial charge in [-0.15, -0.1) is 0 Å². The Bertz CT molecular complexity index is 1140. The minimum atomic E-state index is -1.35. The van der Waals surface area contributed by atoms with Crippen molar-refractivity contribution >= 4 is 5.97 Å². The number of hydrogen-bond acceptors (Lipinski definition) is 6. The molecule has 174 valence electrons. The monoisotopic (exact) mass is 458 g/mol. The first-order valence-corrected chi connectivity index (χ1v) is 10.3. The highest BCUT2D eigenvalue weighted by Crippen LogP contribution is 2.32. The second kappa shape index (κ2) is 10.8. The van der Waals surface area contributed by atoms with Gasteiger partial charge in [-0.05, 0) is 53.3 Å². The standard InChI is InChI=1S/C24H24F2N2O5/c1-2-21(24(30)31)33-23-20(26)12-19(25)22(28-23)32-18-10-14(6-7-29)8-17(11-18)16-5-3-4-15(9-16)13-27/h3-5,8-12,21,29H,2,6-7,13,27H2,1H3,(H,30,31). The van der Waals surface area contributed by atoms with Crippen LogP contribution in [0.3, 0.4) is 0 Å². The largest absolute Gasteiger partial charge is 0.479 e. The molecular formula is C24H24F2N2O5. The molecule has 33 heavy (non-hydrogen) atoms. The molecule has 3 rings (SSSR count). The molecule has 4 N–H and O–H groups in total. The maximum atomic E-state index is 14.4. The molecule has 0 spiro atoms. The maximum Gasteiger partial charge on any atom is 0.344 e. The Balaban J connectivity index is 1.99. The van der Waals surface area contributed by atoms with E-state index in [4.69, 9.17) is 20.3 Å². The van der Waals surface area contributed by atoms with E-state index in [0.717, 1.165) is 22.3 Å². The number of rotatable bonds is 10. The molecule has 0 fully saturated rings. The van der Waals surface area contributed by atoms with Crippen LogP contribution in [0.25, 0.3) is 11.1 Å². The third-order valence-corrected chi connectivity index (χ3v) is 4.84. The SMILES string of the molecule is CCC(Oc1nc(Oc2cc(CCO)cc(-c3cccc(CN)c3)c2)c(F)cc1F)C(=O)O. The molecule has 1 aromatic heterocycles. The Hall–Kier alpha value is -3.56. The van der Waals surface area contributed by atoms with Crippen LogP contribution in [0.5, 0.6) is 17.5 Å². The van der Waals surface area contributed by atoms with Gasteiger partial charge in [-0.2, -0.15) is 4.98 Å². The number of aliphatic hydroxyl groups excluding tert-OH is 1. The van der Waals surface area contributed by atoms with Crippen LogP contribution < -0.4 is 15.2 Å². The Kier molecular flexibility index (Phi) is 7.92. The fraction of sp³-hybridized carbons (Fsp3) is 0.250. The van der Waals surface area contributed by atoms with Gasteiger partial charge in [0.15, 0.2) is 17.7 Å². The summed E-state index contributed by atoms with van der Waals surface area (Å²) in [5.74, 6) is -4.58. The molecule has 3 aromatic rings. The van der Waals surface area contributed by atoms with Crippen molar-refractivity contribution in [1.29, 1.82) is 0 Å². The number of benzene rings is 2. The van der Waals surface area contributed by atoms with Crippen LogP contribution in [0.4, 0.5) is 8.78 Å². The van der Waals surface area contributed by atoms with Crippen molar-refractivity contribution in [2.24, 2.45) is 5.73 Å². The van der Waals surface area contributed by atoms with Gasteiger partial charge in [0.05, 0.1) is 0 Å². The van der Waals surface area contributed by atoms with E-state index in [-0.39, 0.29) is 18.8 Å². The van der Waals surface area contributed by atoms with E-state index < -0.39 is 35.5 Å². The first-order chi connectivity index (χ1) is 15.8. The number of carboxylic acid groups (broad SMARTS) is 1. The molecule has 1 unspecified atom stereocenters. The van der Waals surface area contributed by atoms with Crippen LogP contribution >= 0.6 is 0 Å². The van der Waals surface area contributed by atoms with E-state index in [9.17, 15) is 18.7 Å². The fourth-order valence-electron chi connectivity index (χ4n) is 3.18. The summed E-state index contributed by atoms with van der Waals surface area (Å²) in [6.07, 6.45) is -0.969. The van der Waals surface area contributed by atoms with Gasteiger partial charge in [-0.25, -0.2) is 13.6 Å². The van der Waals surface area contributed by atoms with Crippen LogP contribution in [0, 0.1) is 11.6 Å². The number of carbonyl (C=O) groups is 1. The highest BCUT2D eigenvalue weighted by molar-refractivity contribution is 5.72. The molecule has 1 atom stereocenters. The molecule has 2 aromatic carbocycles. The molecule has 1 heterocycles. The number of nitrogens with zero attached hydrogens (tertiary/aromatic N) is 1. The van der Waals surface area contributed by atoms with Crippen molar-refractivity contribution in [3.8, 4) is 28.6 Å². The molecule has 0 saturated heterocycles. The van der Waals surface area contributed by atoms with Gasteiger partial charge in [0.2, 0.25) is 0 Å². The summed E-state index contributed by atoms with van der Waals surface area (Å²) in [6.45, 7) is 1.79. The maximum absolute atomic E-state index is 14.4. The quantitative estimate of drug-likeness (QED) is 0.420. The second-order valence-corrected chi connectivity index (χ2v) is 7.26. The molecule has 0 saturated carbocycles. The normalized spacial score (nSPS) is 11.8. The predicted octanol–water partition coefficient (Wildman–Crippen LogP) is 4.05. The summed E-state index contributed by atoms with van der Waals surface area (Å²) in [6, 6.07) is 13.2. The Morgan fingerprint density at radius 2 is 1.79 bits per heavy atom. The number of aliphatic carboxylic acids is 1. The minimum absolute atomic E-state index is 0.0540. The smallest absolute Gasteiger partial charge is 0.344 e. The number of pyridine rings is 1. The van der Waals surface area contributed by atoms with Crippen molar-refractivity contribution in [3.63, 3.8) is 0 Å². The Morgan fingerprint density at radius 3 is 2.45 bits per heavy atom. The minimum Gasteiger partial charge on any atom is -0.479 e. The van der Waals surface area contributed by atoms with Gasteiger partial charge >= 0.3 is 5.97 Å². The lowest BCUT2D eigenvalue weighted by Crippen LogP contribution is -2.26. The molecule has 7 nitrogen and oxygen atoms in total. The van der Waals surface area contributed by atoms with Crippen LogP contribution in [0.2, 0.25) is 0 Å². The van der Waals surface area contributed by atoms with Crippen molar-refractivity contribution in [2.75, 3.05) is 6.61 Å². The Labute approximate surface area is 189 Å². The van der Waals surface area contributed by atoms with Gasteiger partial charge in [-0.1, -0.05) is 31.2 Å². The van der Waals surface area contributed by atoms with Gasteiger partial charge in [0.25, 0.3) is 11.8 Å². The molecule has 9 heteroatoms. The highest BCUT2D eigenvalue weighted by atomic mass is 19.1. The molecule has 0 aliphatic heterocycles. The number of ether oxygens (including phenoxy) is 2. The zero-order valence-corrected chi connectivity index (χ0v) is 17.9. The molecular weight excluding hydrogens is 434 g/mol. The molecule has 0 aliphatic rings. The first kappa shape index (κ1) is 24.1. The van der Waals surface area contributed by atoms with Crippen molar-refractivity contribution in [3.05, 3.63) is 71.3 Å². The summed E-state index contributed by atoms with van der Waals surface area (Å²) in [7, 11) is 0. The second-order valence-electron chi connectivity index (χ2n) is 7.26. The van der Waals surface area contributed by atoms with E-state index in [1.165, 1.54) is 0 Å². The number of aromatic nitrogens is 1. The van der Waals surface area contributed by atoms with Gasteiger partial charge in [-0.3, -0.25) is 0 Å². The fourth-order valence-corrected chi connectivity index (χ4v) is 3.18. The van der Waals surface area contributed by atoms with Crippen LogP contribution in [-0.2, 0) is 17.8 Å². The van der Waals surface area contributed by atoms with Crippen molar-refractivity contribution in [2.45, 2.75) is 32.4 Å². The number of nitrogens with two attached hydrogens (primary N) is 1. The summed E-state index contributed by atoms with van der Waals surface area (Å²) in [5.41, 5.74) is 8.94. The third kappa shape index (κ3) is 6.03. The summed E-state index contributed by atoms with van der Waals surface area (Å²) in [5, 5.41) is 18.5. The molecule has 0 radical (unpaired) electrons. The molecule has 0 amide bonds. The number of hydrogen-bond donors (Lipinski definition) is 3. The molecule has 0 bridgehead atoms. The van der Waals surface area contributed by atoms with Gasteiger partial charge in [0.1, 0.15) is 5.75 Å². The molecule has 0 aliphatic carbocycles. The number of carboxylic acids is 1. The topological polar surface area (TPSA) is 115 Å². The van der Waals surface area contributed by atoms with Gasteiger partial charge in [0, 0.05) is 19.2 Å². The van der Waals surface area contributed by atoms with E-state index >= 15 is 0 Å². The average Bonchev–Trinajstić information content (AvgIpc) is 2.80. The zero-order chi connectivity index (χ0) is 24.0. The summed E-state index contributed by atoms with van der Waals surface area (Å²) < 4.78 is 39.2. The lowest BCUT2D eigenvalue weighted by Gasteiger charge is -2.15. The lowest BCUT2D eigenvalue weighted by molar-refractivity contribution is -0.145. The van der Waals surface area contributed by atoms with Crippen LogP contribution in [-0.4, -0.2) is 33.9 Å². The number of aliphatic hydroxyl groups is 1. The van der Waals surface area contributed by atoms with Crippen molar-refractivity contribution < 1.29 is 33.3 Å². The number of halogens is 2.